The molecule has 0 aliphatic heterocycles. The summed E-state index contributed by atoms with van der Waals surface area (Å²) in [4.78, 5) is 14.5. The molecule has 0 bridgehead atoms. The fourth-order valence-corrected chi connectivity index (χ4v) is 3.17. The Morgan fingerprint density at radius 2 is 1.87 bits per heavy atom. The molecule has 0 fully saturated rings. The Morgan fingerprint density at radius 1 is 1.09 bits per heavy atom. The molecule has 0 spiro atoms. The first-order valence-electron chi connectivity index (χ1n) is 8.42. The molecule has 3 rings (SSSR count). The Kier molecular flexibility index (Phi) is 5.09. The lowest BCUT2D eigenvalue weighted by Crippen LogP contribution is -2.32. The molecular formula is C20H24N2O. The largest absolute Gasteiger partial charge is 0.325 e. The summed E-state index contributed by atoms with van der Waals surface area (Å²) in [7, 11) is 0. The second-order valence-electron chi connectivity index (χ2n) is 6.17. The molecule has 1 amide bonds. The van der Waals surface area contributed by atoms with Crippen LogP contribution in [0.3, 0.4) is 0 Å². The number of benzene rings is 2. The number of hydrogen-bond donors (Lipinski definition) is 1. The number of rotatable bonds is 6. The molecule has 0 saturated heterocycles. The van der Waals surface area contributed by atoms with Gasteiger partial charge in [0.25, 0.3) is 0 Å². The smallest absolute Gasteiger partial charge is 0.238 e. The molecule has 0 atom stereocenters. The van der Waals surface area contributed by atoms with Crippen LogP contribution in [0.5, 0.6) is 0 Å². The number of aryl methyl sites for hydroxylation is 2. The van der Waals surface area contributed by atoms with Crippen LogP contribution in [0.1, 0.15) is 30.0 Å². The van der Waals surface area contributed by atoms with Gasteiger partial charge in [-0.25, -0.2) is 0 Å². The zero-order chi connectivity index (χ0) is 16.1. The van der Waals surface area contributed by atoms with Crippen molar-refractivity contribution in [3.05, 3.63) is 65.2 Å². The maximum atomic E-state index is 12.3. The molecule has 3 heteroatoms. The molecule has 3 nitrogen and oxygen atoms in total. The molecule has 0 unspecified atom stereocenters. The van der Waals surface area contributed by atoms with Gasteiger partial charge in [-0.1, -0.05) is 43.3 Å². The van der Waals surface area contributed by atoms with Gasteiger partial charge >= 0.3 is 0 Å². The van der Waals surface area contributed by atoms with Crippen LogP contribution < -0.4 is 5.32 Å². The average Bonchev–Trinajstić information content (AvgIpc) is 3.02. The molecular weight excluding hydrogens is 284 g/mol. The van der Waals surface area contributed by atoms with Crippen LogP contribution in [0, 0.1) is 0 Å². The van der Waals surface area contributed by atoms with Gasteiger partial charge in [0.05, 0.1) is 6.54 Å². The molecule has 0 aromatic heterocycles. The van der Waals surface area contributed by atoms with Gasteiger partial charge in [0.15, 0.2) is 0 Å². The lowest BCUT2D eigenvalue weighted by molar-refractivity contribution is -0.117. The van der Waals surface area contributed by atoms with Crippen molar-refractivity contribution in [2.45, 2.75) is 32.7 Å². The van der Waals surface area contributed by atoms with Crippen LogP contribution in [0.15, 0.2) is 48.5 Å². The third-order valence-corrected chi connectivity index (χ3v) is 4.45. The third kappa shape index (κ3) is 4.20. The van der Waals surface area contributed by atoms with Gasteiger partial charge in [0, 0.05) is 12.2 Å². The first-order valence-corrected chi connectivity index (χ1v) is 8.42. The first kappa shape index (κ1) is 15.8. The summed E-state index contributed by atoms with van der Waals surface area (Å²) < 4.78 is 0. The number of amides is 1. The van der Waals surface area contributed by atoms with E-state index in [-0.39, 0.29) is 5.91 Å². The molecule has 120 valence electrons. The van der Waals surface area contributed by atoms with Gasteiger partial charge in [-0.3, -0.25) is 9.69 Å². The number of carbonyl (C=O) groups excluding carboxylic acids is 1. The van der Waals surface area contributed by atoms with Gasteiger partial charge in [0.1, 0.15) is 0 Å². The van der Waals surface area contributed by atoms with Crippen LogP contribution >= 0.6 is 0 Å². The molecule has 23 heavy (non-hydrogen) atoms. The number of hydrogen-bond acceptors (Lipinski definition) is 2. The van der Waals surface area contributed by atoms with Gasteiger partial charge in [-0.2, -0.15) is 0 Å². The minimum atomic E-state index is 0.0562. The average molecular weight is 308 g/mol. The topological polar surface area (TPSA) is 32.3 Å². The minimum absolute atomic E-state index is 0.0562. The van der Waals surface area contributed by atoms with Gasteiger partial charge in [0.2, 0.25) is 5.91 Å². The van der Waals surface area contributed by atoms with Gasteiger partial charge in [-0.15, -0.1) is 0 Å². The summed E-state index contributed by atoms with van der Waals surface area (Å²) >= 11 is 0. The zero-order valence-electron chi connectivity index (χ0n) is 13.7. The second-order valence-corrected chi connectivity index (χ2v) is 6.17. The van der Waals surface area contributed by atoms with Gasteiger partial charge in [-0.05, 0) is 54.6 Å². The maximum absolute atomic E-state index is 12.3. The highest BCUT2D eigenvalue weighted by molar-refractivity contribution is 5.92. The number of carbonyl (C=O) groups is 1. The summed E-state index contributed by atoms with van der Waals surface area (Å²) in [6, 6.07) is 16.6. The van der Waals surface area contributed by atoms with Crippen LogP contribution in [0.25, 0.3) is 0 Å². The molecule has 0 saturated carbocycles. The Balaban J connectivity index is 1.57. The molecule has 2 aromatic carbocycles. The lowest BCUT2D eigenvalue weighted by Gasteiger charge is -2.20. The van der Waals surface area contributed by atoms with Crippen molar-refractivity contribution in [2.75, 3.05) is 18.4 Å². The quantitative estimate of drug-likeness (QED) is 0.883. The second kappa shape index (κ2) is 7.42. The van der Waals surface area contributed by atoms with E-state index in [4.69, 9.17) is 0 Å². The predicted molar refractivity (Wildman–Crippen MR) is 94.5 cm³/mol. The van der Waals surface area contributed by atoms with E-state index >= 15 is 0 Å². The molecule has 0 heterocycles. The summed E-state index contributed by atoms with van der Waals surface area (Å²) in [6.07, 6.45) is 3.53. The van der Waals surface area contributed by atoms with Crippen LogP contribution in [0.4, 0.5) is 5.69 Å². The van der Waals surface area contributed by atoms with E-state index in [1.807, 2.05) is 24.3 Å². The van der Waals surface area contributed by atoms with Crippen LogP contribution in [-0.4, -0.2) is 23.9 Å². The molecule has 0 radical (unpaired) electrons. The number of nitrogens with one attached hydrogen (secondary N) is 1. The number of nitrogens with zero attached hydrogens (tertiary/aromatic N) is 1. The first-order chi connectivity index (χ1) is 11.2. The standard InChI is InChI=1S/C20H24N2O/c1-2-22(14-16-7-4-3-5-8-16)15-20(23)21-19-12-11-17-9-6-10-18(17)13-19/h3-5,7-8,11-13H,2,6,9-10,14-15H2,1H3,(H,21,23). The van der Waals surface area contributed by atoms with E-state index in [0.717, 1.165) is 25.2 Å². The maximum Gasteiger partial charge on any atom is 0.238 e. The normalized spacial score (nSPS) is 13.1. The molecule has 1 aliphatic carbocycles. The zero-order valence-corrected chi connectivity index (χ0v) is 13.7. The van der Waals surface area contributed by atoms with E-state index in [2.05, 4.69) is 41.4 Å². The summed E-state index contributed by atoms with van der Waals surface area (Å²) in [5.74, 6) is 0.0562. The number of anilines is 1. The lowest BCUT2D eigenvalue weighted by atomic mass is 10.1. The monoisotopic (exact) mass is 308 g/mol. The van der Waals surface area contributed by atoms with E-state index in [1.54, 1.807) is 0 Å². The highest BCUT2D eigenvalue weighted by Crippen LogP contribution is 2.24. The highest BCUT2D eigenvalue weighted by Gasteiger charge is 2.13. The Hall–Kier alpha value is -2.13. The Bertz CT molecular complexity index is 667. The molecule has 1 N–H and O–H groups in total. The van der Waals surface area contributed by atoms with Gasteiger partial charge < -0.3 is 5.32 Å². The SMILES string of the molecule is CCN(CC(=O)Nc1ccc2c(c1)CCC2)Cc1ccccc1. The van der Waals surface area contributed by atoms with Crippen LogP contribution in [0.2, 0.25) is 0 Å². The summed E-state index contributed by atoms with van der Waals surface area (Å²) in [5.41, 5.74) is 4.98. The summed E-state index contributed by atoms with van der Waals surface area (Å²) in [6.45, 7) is 4.16. The Morgan fingerprint density at radius 3 is 2.65 bits per heavy atom. The molecule has 2 aromatic rings. The predicted octanol–water partition coefficient (Wildman–Crippen LogP) is 3.64. The number of likely N-dealkylation sites (N-methyl/N-ethyl adjacent to an activating group) is 1. The van der Waals surface area contributed by atoms with Crippen molar-refractivity contribution in [3.63, 3.8) is 0 Å². The minimum Gasteiger partial charge on any atom is -0.325 e. The van der Waals surface area contributed by atoms with Crippen molar-refractivity contribution < 1.29 is 4.79 Å². The van der Waals surface area contributed by atoms with E-state index in [1.165, 1.54) is 29.5 Å². The van der Waals surface area contributed by atoms with Crippen LogP contribution in [-0.2, 0) is 24.2 Å². The fourth-order valence-electron chi connectivity index (χ4n) is 3.17. The summed E-state index contributed by atoms with van der Waals surface area (Å²) in [5, 5.41) is 3.04. The van der Waals surface area contributed by atoms with Crippen molar-refractivity contribution in [3.8, 4) is 0 Å². The molecule has 1 aliphatic rings. The van der Waals surface area contributed by atoms with Crippen molar-refractivity contribution >= 4 is 11.6 Å². The van der Waals surface area contributed by atoms with Crippen molar-refractivity contribution in [1.29, 1.82) is 0 Å². The third-order valence-electron chi connectivity index (χ3n) is 4.45. The fraction of sp³-hybridized carbons (Fsp3) is 0.350. The highest BCUT2D eigenvalue weighted by atomic mass is 16.2. The van der Waals surface area contributed by atoms with E-state index in [0.29, 0.717) is 6.54 Å². The van der Waals surface area contributed by atoms with E-state index < -0.39 is 0 Å². The van der Waals surface area contributed by atoms with Crippen molar-refractivity contribution in [1.82, 2.24) is 4.90 Å². The van der Waals surface area contributed by atoms with Crippen molar-refractivity contribution in [2.24, 2.45) is 0 Å². The van der Waals surface area contributed by atoms with E-state index in [9.17, 15) is 4.79 Å². The Labute approximate surface area is 138 Å². The number of fused-ring (bicyclic) bond motifs is 1.